The maximum Gasteiger partial charge on any atom is 0.348 e. The number of aromatic amines is 1. The largest absolute Gasteiger partial charge is 0.462 e. The number of hydrogen-bond acceptors (Lipinski definition) is 7. The van der Waals surface area contributed by atoms with Gasteiger partial charge in [0.2, 0.25) is 0 Å². The lowest BCUT2D eigenvalue weighted by Gasteiger charge is -2.11. The van der Waals surface area contributed by atoms with Crippen molar-refractivity contribution in [2.24, 2.45) is 0 Å². The van der Waals surface area contributed by atoms with Crippen LogP contribution in [0.2, 0.25) is 0 Å². The van der Waals surface area contributed by atoms with E-state index < -0.39 is 18.0 Å². The summed E-state index contributed by atoms with van der Waals surface area (Å²) in [6.07, 6.45) is 0.634. The van der Waals surface area contributed by atoms with Crippen LogP contribution in [0.4, 0.5) is 0 Å². The molecule has 25 heavy (non-hydrogen) atoms. The highest BCUT2D eigenvalue weighted by molar-refractivity contribution is 7.20. The molecule has 2 aromatic rings. The minimum absolute atomic E-state index is 0.227. The number of thiophene rings is 1. The second-order valence-corrected chi connectivity index (χ2v) is 6.71. The molecule has 0 spiro atoms. The topological polar surface area (TPSA) is 98.3 Å². The summed E-state index contributed by atoms with van der Waals surface area (Å²) in [5.41, 5.74) is 0.962. The Bertz CT molecular complexity index is 906. The Balaban J connectivity index is 2.41. The maximum atomic E-state index is 12.4. The molecule has 134 valence electrons. The number of aromatic nitrogens is 2. The number of rotatable bonds is 5. The summed E-state index contributed by atoms with van der Waals surface area (Å²) in [5, 5.41) is 0.347. The fourth-order valence-corrected chi connectivity index (χ4v) is 3.33. The van der Waals surface area contributed by atoms with E-state index in [2.05, 4.69) is 9.97 Å². The van der Waals surface area contributed by atoms with E-state index in [0.29, 0.717) is 20.7 Å². The van der Waals surface area contributed by atoms with Gasteiger partial charge in [0, 0.05) is 6.08 Å². The van der Waals surface area contributed by atoms with Gasteiger partial charge in [0.15, 0.2) is 11.9 Å². The van der Waals surface area contributed by atoms with Crippen molar-refractivity contribution >= 4 is 33.5 Å². The zero-order chi connectivity index (χ0) is 18.7. The van der Waals surface area contributed by atoms with Crippen molar-refractivity contribution in [3.63, 3.8) is 0 Å². The number of fused-ring (bicyclic) bond motifs is 1. The van der Waals surface area contributed by atoms with Crippen LogP contribution >= 0.6 is 11.3 Å². The van der Waals surface area contributed by atoms with Gasteiger partial charge in [-0.05, 0) is 40.2 Å². The van der Waals surface area contributed by atoms with Crippen LogP contribution in [0.3, 0.4) is 0 Å². The summed E-state index contributed by atoms with van der Waals surface area (Å²) in [4.78, 5) is 43.8. The summed E-state index contributed by atoms with van der Waals surface area (Å²) in [5.74, 6) is -0.763. The molecule has 0 saturated heterocycles. The van der Waals surface area contributed by atoms with Crippen LogP contribution in [0.15, 0.2) is 16.4 Å². The van der Waals surface area contributed by atoms with Crippen molar-refractivity contribution in [1.29, 1.82) is 0 Å². The van der Waals surface area contributed by atoms with Crippen LogP contribution in [0.5, 0.6) is 0 Å². The molecule has 0 fully saturated rings. The molecule has 0 unspecified atom stereocenters. The van der Waals surface area contributed by atoms with Gasteiger partial charge in [0.25, 0.3) is 5.56 Å². The Kier molecular flexibility index (Phi) is 5.73. The number of hydrogen-bond donors (Lipinski definition) is 1. The first-order valence-electron chi connectivity index (χ1n) is 7.80. The smallest absolute Gasteiger partial charge is 0.348 e. The van der Waals surface area contributed by atoms with Crippen LogP contribution < -0.4 is 5.56 Å². The number of esters is 2. The molecule has 0 aliphatic heterocycles. The normalized spacial score (nSPS) is 11.9. The zero-order valence-corrected chi connectivity index (χ0v) is 15.6. The molecule has 1 N–H and O–H groups in total. The van der Waals surface area contributed by atoms with Gasteiger partial charge in [-0.1, -0.05) is 5.57 Å². The Morgan fingerprint density at radius 2 is 2.04 bits per heavy atom. The van der Waals surface area contributed by atoms with E-state index in [1.54, 1.807) is 34.6 Å². The second-order valence-electron chi connectivity index (χ2n) is 5.71. The summed E-state index contributed by atoms with van der Waals surface area (Å²) in [6.45, 7) is 8.82. The summed E-state index contributed by atoms with van der Waals surface area (Å²) in [7, 11) is 0. The molecule has 2 rings (SSSR count). The molecule has 0 amide bonds. The number of aryl methyl sites for hydroxylation is 1. The average Bonchev–Trinajstić information content (AvgIpc) is 2.84. The van der Waals surface area contributed by atoms with E-state index in [1.165, 1.54) is 6.08 Å². The predicted molar refractivity (Wildman–Crippen MR) is 94.9 cm³/mol. The minimum Gasteiger partial charge on any atom is -0.462 e. The number of allylic oxidation sites excluding steroid dienone is 1. The summed E-state index contributed by atoms with van der Waals surface area (Å²) < 4.78 is 10.2. The first-order chi connectivity index (χ1) is 11.7. The highest BCUT2D eigenvalue weighted by Gasteiger charge is 2.22. The van der Waals surface area contributed by atoms with Gasteiger partial charge in [0.1, 0.15) is 9.71 Å². The van der Waals surface area contributed by atoms with Crippen molar-refractivity contribution in [1.82, 2.24) is 9.97 Å². The quantitative estimate of drug-likeness (QED) is 0.647. The van der Waals surface area contributed by atoms with Crippen LogP contribution in [0.1, 0.15) is 54.9 Å². The third-order valence-corrected chi connectivity index (χ3v) is 4.53. The number of nitrogens with one attached hydrogen (secondary N) is 1. The number of H-pyrrole nitrogens is 1. The number of carbonyl (C=O) groups excluding carboxylic acids is 2. The molecule has 2 aromatic heterocycles. The van der Waals surface area contributed by atoms with Gasteiger partial charge in [-0.25, -0.2) is 14.6 Å². The SMILES string of the molecule is CCOC(=O)c1sc2nc([C@H](C)OC(=O)C=C(C)C)[nH]c(=O)c2c1C. The van der Waals surface area contributed by atoms with Gasteiger partial charge < -0.3 is 14.5 Å². The lowest BCUT2D eigenvalue weighted by atomic mass is 10.2. The molecule has 0 radical (unpaired) electrons. The fourth-order valence-electron chi connectivity index (χ4n) is 2.24. The molecule has 0 aliphatic rings. The van der Waals surface area contributed by atoms with Gasteiger partial charge in [-0.2, -0.15) is 0 Å². The van der Waals surface area contributed by atoms with Crippen molar-refractivity contribution in [3.8, 4) is 0 Å². The molecule has 0 bridgehead atoms. The van der Waals surface area contributed by atoms with Crippen molar-refractivity contribution in [3.05, 3.63) is 38.3 Å². The molecule has 0 saturated carbocycles. The van der Waals surface area contributed by atoms with Crippen molar-refractivity contribution < 1.29 is 19.1 Å². The Morgan fingerprint density at radius 1 is 1.36 bits per heavy atom. The van der Waals surface area contributed by atoms with E-state index in [4.69, 9.17) is 9.47 Å². The second kappa shape index (κ2) is 7.60. The van der Waals surface area contributed by atoms with Crippen LogP contribution in [0, 0.1) is 6.92 Å². The third-order valence-electron chi connectivity index (χ3n) is 3.36. The molecule has 0 aliphatic carbocycles. The molecule has 7 nitrogen and oxygen atoms in total. The molecule has 2 heterocycles. The Labute approximate surface area is 148 Å². The van der Waals surface area contributed by atoms with Crippen LogP contribution in [-0.4, -0.2) is 28.5 Å². The first-order valence-corrected chi connectivity index (χ1v) is 8.62. The van der Waals surface area contributed by atoms with E-state index in [0.717, 1.165) is 16.9 Å². The molecular weight excluding hydrogens is 344 g/mol. The molecule has 0 aromatic carbocycles. The van der Waals surface area contributed by atoms with E-state index in [9.17, 15) is 14.4 Å². The van der Waals surface area contributed by atoms with E-state index in [-0.39, 0.29) is 18.0 Å². The van der Waals surface area contributed by atoms with Crippen LogP contribution in [-0.2, 0) is 14.3 Å². The summed E-state index contributed by atoms with van der Waals surface area (Å²) >= 11 is 1.09. The highest BCUT2D eigenvalue weighted by atomic mass is 32.1. The molecular formula is C17H20N2O5S. The lowest BCUT2D eigenvalue weighted by Crippen LogP contribution is -2.16. The highest BCUT2D eigenvalue weighted by Crippen LogP contribution is 2.28. The molecule has 1 atom stereocenters. The standard InChI is InChI=1S/C17H20N2O5S/c1-6-23-17(22)13-9(4)12-15(21)18-14(19-16(12)25-13)10(5)24-11(20)7-8(2)3/h7,10H,6H2,1-5H3,(H,18,19,21)/t10-/m0/s1. The van der Waals surface area contributed by atoms with Crippen molar-refractivity contribution in [2.45, 2.75) is 40.7 Å². The third kappa shape index (κ3) is 4.14. The van der Waals surface area contributed by atoms with Crippen LogP contribution in [0.25, 0.3) is 10.2 Å². The number of nitrogens with zero attached hydrogens (tertiary/aromatic N) is 1. The van der Waals surface area contributed by atoms with Gasteiger partial charge >= 0.3 is 11.9 Å². The number of ether oxygens (including phenoxy) is 2. The average molecular weight is 364 g/mol. The van der Waals surface area contributed by atoms with Gasteiger partial charge in [0.05, 0.1) is 12.0 Å². The summed E-state index contributed by atoms with van der Waals surface area (Å²) in [6, 6.07) is 0. The minimum atomic E-state index is -0.728. The fraction of sp³-hybridized carbons (Fsp3) is 0.412. The van der Waals surface area contributed by atoms with Crippen molar-refractivity contribution in [2.75, 3.05) is 6.61 Å². The van der Waals surface area contributed by atoms with Gasteiger partial charge in [-0.3, -0.25) is 4.79 Å². The van der Waals surface area contributed by atoms with E-state index >= 15 is 0 Å². The molecule has 8 heteroatoms. The lowest BCUT2D eigenvalue weighted by molar-refractivity contribution is -0.142. The Hall–Kier alpha value is -2.48. The van der Waals surface area contributed by atoms with Gasteiger partial charge in [-0.15, -0.1) is 11.3 Å². The maximum absolute atomic E-state index is 12.4. The Morgan fingerprint density at radius 3 is 2.64 bits per heavy atom. The zero-order valence-electron chi connectivity index (χ0n) is 14.8. The van der Waals surface area contributed by atoms with E-state index in [1.807, 2.05) is 0 Å². The number of carbonyl (C=O) groups is 2. The monoisotopic (exact) mass is 364 g/mol. The predicted octanol–water partition coefficient (Wildman–Crippen LogP) is 3.04. The first kappa shape index (κ1) is 18.9.